The Hall–Kier alpha value is -3.54. The van der Waals surface area contributed by atoms with E-state index < -0.39 is 7.92 Å². The van der Waals surface area contributed by atoms with Gasteiger partial charge in [-0.25, -0.2) is 0 Å². The highest BCUT2D eigenvalue weighted by Crippen LogP contribution is 2.37. The molecular formula is C30H24NP. The fourth-order valence-electron chi connectivity index (χ4n) is 4.05. The van der Waals surface area contributed by atoms with Crippen LogP contribution in [-0.2, 0) is 6.42 Å². The van der Waals surface area contributed by atoms with Crippen molar-refractivity contribution in [1.82, 2.24) is 0 Å². The van der Waals surface area contributed by atoms with E-state index in [9.17, 15) is 0 Å². The summed E-state index contributed by atoms with van der Waals surface area (Å²) in [6.07, 6.45) is 2.85. The topological polar surface area (TPSA) is 12.4 Å². The molecule has 0 saturated heterocycles. The van der Waals surface area contributed by atoms with Crippen LogP contribution in [0.2, 0.25) is 0 Å². The van der Waals surface area contributed by atoms with Crippen molar-refractivity contribution in [3.8, 4) is 0 Å². The van der Waals surface area contributed by atoms with Gasteiger partial charge in [-0.2, -0.15) is 0 Å². The van der Waals surface area contributed by atoms with Crippen molar-refractivity contribution in [3.05, 3.63) is 133 Å². The fourth-order valence-corrected chi connectivity index (χ4v) is 6.71. The molecule has 0 heterocycles. The maximum Gasteiger partial charge on any atom is 0.0625 e. The Morgan fingerprint density at radius 3 is 1.78 bits per heavy atom. The molecule has 0 aliphatic heterocycles. The van der Waals surface area contributed by atoms with Gasteiger partial charge < -0.3 is 0 Å². The monoisotopic (exact) mass is 429 g/mol. The van der Waals surface area contributed by atoms with E-state index in [1.54, 1.807) is 0 Å². The SMILES string of the molecule is C(Cc1ccc2ccccc2c1P(c1ccccc1)c1ccccc1)=Nc1ccccc1. The Bertz CT molecular complexity index is 1290. The van der Waals surface area contributed by atoms with E-state index in [0.717, 1.165) is 12.1 Å². The van der Waals surface area contributed by atoms with Crippen molar-refractivity contribution in [2.24, 2.45) is 4.99 Å². The van der Waals surface area contributed by atoms with Crippen LogP contribution in [-0.4, -0.2) is 6.21 Å². The number of fused-ring (bicyclic) bond motifs is 1. The van der Waals surface area contributed by atoms with Crippen LogP contribution in [0.25, 0.3) is 10.8 Å². The Kier molecular flexibility index (Phi) is 6.19. The summed E-state index contributed by atoms with van der Waals surface area (Å²) in [6, 6.07) is 45.3. The van der Waals surface area contributed by atoms with Gasteiger partial charge in [0.15, 0.2) is 0 Å². The van der Waals surface area contributed by atoms with Crippen molar-refractivity contribution in [2.45, 2.75) is 6.42 Å². The molecule has 5 rings (SSSR count). The average molecular weight is 430 g/mol. The normalized spacial score (nSPS) is 11.4. The van der Waals surface area contributed by atoms with Crippen molar-refractivity contribution in [3.63, 3.8) is 0 Å². The first-order valence-electron chi connectivity index (χ1n) is 10.9. The first kappa shape index (κ1) is 20.4. The third kappa shape index (κ3) is 4.40. The largest absolute Gasteiger partial charge is 0.261 e. The maximum absolute atomic E-state index is 4.71. The Balaban J connectivity index is 1.67. The number of aliphatic imine (C=N–C) groups is 1. The number of hydrogen-bond donors (Lipinski definition) is 0. The zero-order valence-corrected chi connectivity index (χ0v) is 18.7. The molecular weight excluding hydrogens is 405 g/mol. The summed E-state index contributed by atoms with van der Waals surface area (Å²) in [7, 11) is -0.699. The van der Waals surface area contributed by atoms with Gasteiger partial charge in [0.25, 0.3) is 0 Å². The molecule has 0 aliphatic rings. The van der Waals surface area contributed by atoms with Gasteiger partial charge in [0.2, 0.25) is 0 Å². The Morgan fingerprint density at radius 1 is 0.562 bits per heavy atom. The third-order valence-corrected chi connectivity index (χ3v) is 8.15. The van der Waals surface area contributed by atoms with Gasteiger partial charge in [0, 0.05) is 12.6 Å². The van der Waals surface area contributed by atoms with E-state index in [-0.39, 0.29) is 0 Å². The standard InChI is InChI=1S/C30H24NP/c1-4-13-26(14-5-1)31-23-22-25-21-20-24-12-10-11-19-29(24)30(25)32(27-15-6-2-7-16-27)28-17-8-3-9-18-28/h1-21,23H,22H2. The fraction of sp³-hybridized carbons (Fsp3) is 0.0333. The van der Waals surface area contributed by atoms with Crippen molar-refractivity contribution in [2.75, 3.05) is 0 Å². The van der Waals surface area contributed by atoms with Gasteiger partial charge >= 0.3 is 0 Å². The minimum atomic E-state index is -0.699. The molecule has 0 aliphatic carbocycles. The number of hydrogen-bond acceptors (Lipinski definition) is 1. The summed E-state index contributed by atoms with van der Waals surface area (Å²) in [6.45, 7) is 0. The zero-order chi connectivity index (χ0) is 21.6. The summed E-state index contributed by atoms with van der Waals surface area (Å²) < 4.78 is 0. The van der Waals surface area contributed by atoms with Crippen LogP contribution in [0.1, 0.15) is 5.56 Å². The molecule has 154 valence electrons. The number of rotatable bonds is 6. The second-order valence-electron chi connectivity index (χ2n) is 7.65. The maximum atomic E-state index is 4.71. The van der Waals surface area contributed by atoms with E-state index in [4.69, 9.17) is 4.99 Å². The predicted molar refractivity (Wildman–Crippen MR) is 141 cm³/mol. The van der Waals surface area contributed by atoms with Crippen LogP contribution in [0.3, 0.4) is 0 Å². The number of nitrogens with zero attached hydrogens (tertiary/aromatic N) is 1. The van der Waals surface area contributed by atoms with E-state index in [1.165, 1.54) is 32.2 Å². The van der Waals surface area contributed by atoms with Gasteiger partial charge in [-0.1, -0.05) is 115 Å². The molecule has 0 saturated carbocycles. The minimum Gasteiger partial charge on any atom is -0.261 e. The zero-order valence-electron chi connectivity index (χ0n) is 17.8. The molecule has 32 heavy (non-hydrogen) atoms. The van der Waals surface area contributed by atoms with E-state index >= 15 is 0 Å². The summed E-state index contributed by atoms with van der Waals surface area (Å²) >= 11 is 0. The molecule has 0 unspecified atom stereocenters. The van der Waals surface area contributed by atoms with Gasteiger partial charge in [-0.3, -0.25) is 4.99 Å². The van der Waals surface area contributed by atoms with Crippen LogP contribution in [0, 0.1) is 0 Å². The summed E-state index contributed by atoms with van der Waals surface area (Å²) in [5, 5.41) is 6.77. The number of benzene rings is 5. The molecule has 5 aromatic rings. The molecule has 0 spiro atoms. The quantitative estimate of drug-likeness (QED) is 0.215. The lowest BCUT2D eigenvalue weighted by atomic mass is 10.1. The molecule has 0 amide bonds. The highest BCUT2D eigenvalue weighted by Gasteiger charge is 2.21. The van der Waals surface area contributed by atoms with Gasteiger partial charge in [-0.15, -0.1) is 0 Å². The predicted octanol–water partition coefficient (Wildman–Crippen LogP) is 6.54. The molecule has 0 fully saturated rings. The first-order valence-corrected chi connectivity index (χ1v) is 12.2. The minimum absolute atomic E-state index is 0.699. The van der Waals surface area contributed by atoms with Gasteiger partial charge in [-0.05, 0) is 52.3 Å². The van der Waals surface area contributed by atoms with E-state index in [1.807, 2.05) is 36.5 Å². The molecule has 0 bridgehead atoms. The Labute approximate surface area is 190 Å². The Morgan fingerprint density at radius 2 is 1.12 bits per heavy atom. The lowest BCUT2D eigenvalue weighted by Crippen LogP contribution is -2.24. The second kappa shape index (κ2) is 9.73. The van der Waals surface area contributed by atoms with Crippen LogP contribution in [0.5, 0.6) is 0 Å². The molecule has 0 N–H and O–H groups in total. The summed E-state index contributed by atoms with van der Waals surface area (Å²) in [5.74, 6) is 0. The number of para-hydroxylation sites is 1. The highest BCUT2D eigenvalue weighted by molar-refractivity contribution is 7.80. The van der Waals surface area contributed by atoms with Crippen LogP contribution >= 0.6 is 7.92 Å². The smallest absolute Gasteiger partial charge is 0.0625 e. The van der Waals surface area contributed by atoms with Gasteiger partial charge in [0.05, 0.1) is 5.69 Å². The molecule has 2 heteroatoms. The average Bonchev–Trinajstić information content (AvgIpc) is 2.87. The van der Waals surface area contributed by atoms with Crippen LogP contribution in [0.15, 0.2) is 132 Å². The third-order valence-electron chi connectivity index (χ3n) is 5.54. The molecule has 5 aromatic carbocycles. The van der Waals surface area contributed by atoms with Crippen LogP contribution < -0.4 is 15.9 Å². The second-order valence-corrected chi connectivity index (χ2v) is 9.80. The molecule has 1 nitrogen and oxygen atoms in total. The first-order chi connectivity index (χ1) is 15.9. The molecule has 0 aromatic heterocycles. The van der Waals surface area contributed by atoms with E-state index in [0.29, 0.717) is 0 Å². The van der Waals surface area contributed by atoms with Crippen molar-refractivity contribution < 1.29 is 0 Å². The lowest BCUT2D eigenvalue weighted by Gasteiger charge is -2.24. The van der Waals surface area contributed by atoms with E-state index in [2.05, 4.69) is 97.1 Å². The van der Waals surface area contributed by atoms with Crippen LogP contribution in [0.4, 0.5) is 5.69 Å². The molecule has 0 atom stereocenters. The molecule has 0 radical (unpaired) electrons. The lowest BCUT2D eigenvalue weighted by molar-refractivity contribution is 1.38. The highest BCUT2D eigenvalue weighted by atomic mass is 31.1. The van der Waals surface area contributed by atoms with Gasteiger partial charge in [0.1, 0.15) is 0 Å². The van der Waals surface area contributed by atoms with Crippen molar-refractivity contribution >= 4 is 46.5 Å². The van der Waals surface area contributed by atoms with Crippen molar-refractivity contribution in [1.29, 1.82) is 0 Å². The summed E-state index contributed by atoms with van der Waals surface area (Å²) in [4.78, 5) is 4.71. The summed E-state index contributed by atoms with van der Waals surface area (Å²) in [5.41, 5.74) is 2.32.